The third-order valence-corrected chi connectivity index (χ3v) is 0.785. The Morgan fingerprint density at radius 2 is 2.67 bits per heavy atom. The molecule has 1 rings (SSSR count). The number of nitrogens with one attached hydrogen (secondary N) is 1. The second-order valence-electron chi connectivity index (χ2n) is 1.38. The lowest BCUT2D eigenvalue weighted by molar-refractivity contribution is 0.378. The van der Waals surface area contributed by atoms with E-state index in [1.807, 2.05) is 0 Å². The standard InChI is InChI=1S/C5H5N2O2/c1-9-5-6-3-2-4(8)7-5/h2H,1H3,(H,6,7,8). The van der Waals surface area contributed by atoms with Crippen molar-refractivity contribution in [2.24, 2.45) is 0 Å². The van der Waals surface area contributed by atoms with E-state index >= 15 is 0 Å². The number of rotatable bonds is 1. The molecule has 1 radical (unpaired) electrons. The summed E-state index contributed by atoms with van der Waals surface area (Å²) in [6, 6.07) is 1.38. The van der Waals surface area contributed by atoms with Crippen LogP contribution in [0.4, 0.5) is 0 Å². The van der Waals surface area contributed by atoms with Crippen LogP contribution in [0, 0.1) is 6.20 Å². The fourth-order valence-electron chi connectivity index (χ4n) is 0.416. The van der Waals surface area contributed by atoms with Crippen molar-refractivity contribution >= 4 is 0 Å². The molecule has 1 N–H and O–H groups in total. The van der Waals surface area contributed by atoms with Crippen molar-refractivity contribution in [3.8, 4) is 6.01 Å². The molecule has 1 aromatic heterocycles. The maximum Gasteiger partial charge on any atom is 0.296 e. The van der Waals surface area contributed by atoms with E-state index in [0.29, 0.717) is 0 Å². The first-order valence-corrected chi connectivity index (χ1v) is 2.34. The van der Waals surface area contributed by atoms with Gasteiger partial charge in [0.15, 0.2) is 0 Å². The number of H-pyrrole nitrogens is 1. The first-order valence-electron chi connectivity index (χ1n) is 2.34. The van der Waals surface area contributed by atoms with Crippen LogP contribution in [0.1, 0.15) is 0 Å². The van der Waals surface area contributed by atoms with E-state index < -0.39 is 0 Å². The highest BCUT2D eigenvalue weighted by molar-refractivity contribution is 4.91. The number of ether oxygens (including phenoxy) is 1. The predicted molar refractivity (Wildman–Crippen MR) is 30.2 cm³/mol. The molecule has 0 amide bonds. The van der Waals surface area contributed by atoms with Crippen molar-refractivity contribution in [3.05, 3.63) is 22.6 Å². The molecule has 1 aromatic rings. The van der Waals surface area contributed by atoms with Crippen LogP contribution in [-0.2, 0) is 0 Å². The van der Waals surface area contributed by atoms with Gasteiger partial charge in [-0.1, -0.05) is 0 Å². The third-order valence-electron chi connectivity index (χ3n) is 0.785. The van der Waals surface area contributed by atoms with Crippen molar-refractivity contribution in [1.82, 2.24) is 9.97 Å². The fraction of sp³-hybridized carbons (Fsp3) is 0.200. The van der Waals surface area contributed by atoms with Crippen molar-refractivity contribution in [1.29, 1.82) is 0 Å². The molecule has 0 aliphatic rings. The van der Waals surface area contributed by atoms with Gasteiger partial charge in [-0.25, -0.2) is 0 Å². The summed E-state index contributed by atoms with van der Waals surface area (Å²) in [5, 5.41) is 0. The van der Waals surface area contributed by atoms with Gasteiger partial charge in [-0.15, -0.1) is 0 Å². The maximum absolute atomic E-state index is 10.4. The first kappa shape index (κ1) is 5.81. The monoisotopic (exact) mass is 125 g/mol. The topological polar surface area (TPSA) is 55.0 Å². The van der Waals surface area contributed by atoms with Crippen LogP contribution in [0.2, 0.25) is 0 Å². The lowest BCUT2D eigenvalue weighted by atomic mass is 10.7. The molecule has 0 saturated carbocycles. The summed E-state index contributed by atoms with van der Waals surface area (Å²) in [7, 11) is 1.42. The molecule has 0 unspecified atom stereocenters. The molecular formula is C5H5N2O2. The Bertz CT molecular complexity index is 243. The van der Waals surface area contributed by atoms with Crippen molar-refractivity contribution in [3.63, 3.8) is 0 Å². The van der Waals surface area contributed by atoms with Gasteiger partial charge in [0.05, 0.1) is 7.11 Å². The summed E-state index contributed by atoms with van der Waals surface area (Å²) in [5.74, 6) is 0. The highest BCUT2D eigenvalue weighted by Crippen LogP contribution is 1.89. The molecule has 0 spiro atoms. The van der Waals surface area contributed by atoms with Crippen LogP contribution in [0.3, 0.4) is 0 Å². The maximum atomic E-state index is 10.4. The zero-order chi connectivity index (χ0) is 6.69. The summed E-state index contributed by atoms with van der Waals surface area (Å²) in [6.45, 7) is 0. The molecule has 0 bridgehead atoms. The minimum atomic E-state index is -0.262. The van der Waals surface area contributed by atoms with Crippen LogP contribution in [-0.4, -0.2) is 17.1 Å². The molecule has 0 saturated heterocycles. The van der Waals surface area contributed by atoms with E-state index in [2.05, 4.69) is 20.9 Å². The zero-order valence-electron chi connectivity index (χ0n) is 4.84. The van der Waals surface area contributed by atoms with Crippen molar-refractivity contribution in [2.45, 2.75) is 0 Å². The van der Waals surface area contributed by atoms with Crippen LogP contribution in [0.25, 0.3) is 0 Å². The van der Waals surface area contributed by atoms with Crippen molar-refractivity contribution in [2.75, 3.05) is 7.11 Å². The Labute approximate surface area is 51.5 Å². The number of hydrogen-bond donors (Lipinski definition) is 1. The van der Waals surface area contributed by atoms with E-state index in [-0.39, 0.29) is 11.6 Å². The molecule has 0 aliphatic carbocycles. The molecule has 0 fully saturated rings. The van der Waals surface area contributed by atoms with E-state index in [9.17, 15) is 4.79 Å². The first-order chi connectivity index (χ1) is 4.33. The quantitative estimate of drug-likeness (QED) is 0.554. The summed E-state index contributed by atoms with van der Waals surface area (Å²) < 4.78 is 4.60. The average molecular weight is 125 g/mol. The zero-order valence-corrected chi connectivity index (χ0v) is 4.84. The van der Waals surface area contributed by atoms with Gasteiger partial charge in [0, 0.05) is 6.07 Å². The van der Waals surface area contributed by atoms with Gasteiger partial charge < -0.3 is 4.74 Å². The lowest BCUT2D eigenvalue weighted by Gasteiger charge is -1.92. The van der Waals surface area contributed by atoms with E-state index in [4.69, 9.17) is 0 Å². The van der Waals surface area contributed by atoms with Crippen molar-refractivity contribution < 1.29 is 4.74 Å². The smallest absolute Gasteiger partial charge is 0.296 e. The molecule has 0 atom stereocenters. The van der Waals surface area contributed by atoms with Gasteiger partial charge in [0.2, 0.25) is 0 Å². The molecule has 0 aliphatic heterocycles. The van der Waals surface area contributed by atoms with Crippen LogP contribution in [0.5, 0.6) is 6.01 Å². The van der Waals surface area contributed by atoms with Gasteiger partial charge in [0.1, 0.15) is 6.20 Å². The summed E-state index contributed by atoms with van der Waals surface area (Å²) >= 11 is 0. The largest absolute Gasteiger partial charge is 0.468 e. The predicted octanol–water partition coefficient (Wildman–Crippen LogP) is -0.421. The number of hydrogen-bond acceptors (Lipinski definition) is 3. The van der Waals surface area contributed by atoms with E-state index in [1.54, 1.807) is 0 Å². The molecular weight excluding hydrogens is 120 g/mol. The summed E-state index contributed by atoms with van der Waals surface area (Å²) in [5.41, 5.74) is -0.262. The van der Waals surface area contributed by atoms with Gasteiger partial charge >= 0.3 is 0 Å². The number of aromatic nitrogens is 2. The number of aromatic amines is 1. The molecule has 4 nitrogen and oxygen atoms in total. The minimum Gasteiger partial charge on any atom is -0.468 e. The Balaban J connectivity index is 3.08. The molecule has 1 heterocycles. The Hall–Kier alpha value is -1.32. The normalized spacial score (nSPS) is 9.00. The van der Waals surface area contributed by atoms with Crippen LogP contribution < -0.4 is 10.3 Å². The molecule has 9 heavy (non-hydrogen) atoms. The number of methoxy groups -OCH3 is 1. The lowest BCUT2D eigenvalue weighted by Crippen LogP contribution is -2.05. The second-order valence-corrected chi connectivity index (χ2v) is 1.38. The Morgan fingerprint density at radius 1 is 1.89 bits per heavy atom. The van der Waals surface area contributed by atoms with Gasteiger partial charge in [0.25, 0.3) is 11.6 Å². The third kappa shape index (κ3) is 1.28. The summed E-state index contributed by atoms with van der Waals surface area (Å²) in [6.07, 6.45) is 2.36. The second kappa shape index (κ2) is 2.30. The fourth-order valence-corrected chi connectivity index (χ4v) is 0.416. The Morgan fingerprint density at radius 3 is 3.11 bits per heavy atom. The highest BCUT2D eigenvalue weighted by Gasteiger charge is 1.88. The number of nitrogens with zero attached hydrogens (tertiary/aromatic N) is 1. The summed E-state index contributed by atoms with van der Waals surface area (Å²) in [4.78, 5) is 16.3. The average Bonchev–Trinajstić information content (AvgIpc) is 1.88. The molecule has 4 heteroatoms. The van der Waals surface area contributed by atoms with Gasteiger partial charge in [-0.3, -0.25) is 9.78 Å². The minimum absolute atomic E-state index is 0.183. The molecule has 47 valence electrons. The van der Waals surface area contributed by atoms with E-state index in [1.165, 1.54) is 13.2 Å². The SMILES string of the molecule is COc1n[c]cc(=O)[nH]1. The van der Waals surface area contributed by atoms with E-state index in [0.717, 1.165) is 0 Å². The van der Waals surface area contributed by atoms with Crippen LogP contribution in [0.15, 0.2) is 10.9 Å². The van der Waals surface area contributed by atoms with Crippen LogP contribution >= 0.6 is 0 Å². The van der Waals surface area contributed by atoms with Gasteiger partial charge in [-0.05, 0) is 0 Å². The molecule has 0 aromatic carbocycles. The highest BCUT2D eigenvalue weighted by atomic mass is 16.5. The van der Waals surface area contributed by atoms with Gasteiger partial charge in [-0.2, -0.15) is 4.98 Å². The Kier molecular flexibility index (Phi) is 1.48.